The van der Waals surface area contributed by atoms with E-state index in [2.05, 4.69) is 60.7 Å². The number of fused-ring (bicyclic) bond motifs is 2. The smallest absolute Gasteiger partial charge is 0.408 e. The zero-order valence-electron chi connectivity index (χ0n) is 72.2. The molecule has 2 aliphatic heterocycles. The van der Waals surface area contributed by atoms with E-state index in [1.165, 1.54) is 28.0 Å². The van der Waals surface area contributed by atoms with Gasteiger partial charge in [-0.2, -0.15) is 0 Å². The molecule has 29 nitrogen and oxygen atoms in total. The Morgan fingerprint density at radius 1 is 0.579 bits per heavy atom. The van der Waals surface area contributed by atoms with Crippen molar-refractivity contribution in [3.05, 3.63) is 160 Å². The number of nitrogens with one attached hydrogen (secondary N) is 5. The Morgan fingerprint density at radius 3 is 1.26 bits per heavy atom. The molecule has 2 radical (unpaired) electrons. The van der Waals surface area contributed by atoms with Crippen LogP contribution in [0.25, 0.3) is 44.3 Å². The van der Waals surface area contributed by atoms with Crippen LogP contribution in [0.15, 0.2) is 160 Å². The first-order chi connectivity index (χ1) is 56.6. The molecule has 8 N–H and O–H groups in total. The molecule has 10 atom stereocenters. The molecule has 2 saturated heterocycles. The number of hydrogen-bond acceptors (Lipinski definition) is 20. The summed E-state index contributed by atoms with van der Waals surface area (Å²) in [4.78, 5) is 122. The van der Waals surface area contributed by atoms with Gasteiger partial charge in [-0.25, -0.2) is 46.3 Å². The third-order valence-electron chi connectivity index (χ3n) is 22.1. The topological polar surface area (TPSA) is 399 Å². The molecule has 6 fully saturated rings. The van der Waals surface area contributed by atoms with Crippen LogP contribution in [0.1, 0.15) is 147 Å². The fourth-order valence-electron chi connectivity index (χ4n) is 14.9. The molecule has 648 valence electrons. The number of allylic oxidation sites excluding steroid dienone is 2. The molecular formula is C88H113BN10O19S2U. The molecule has 2 aromatic heterocycles. The number of hydrogen-bond donors (Lipinski definition) is 7. The number of pyridine rings is 2. The number of primary sulfonamides is 1. The summed E-state index contributed by atoms with van der Waals surface area (Å²) in [5.41, 5.74) is -2.19. The van der Waals surface area contributed by atoms with E-state index in [-0.39, 0.29) is 76.3 Å². The molecule has 0 bridgehead atoms. The number of nitrogens with zero attached hydrogens (tertiary/aromatic N) is 4. The fraction of sp³-hybridized carbons (Fsp3) is 0.477. The van der Waals surface area contributed by atoms with Gasteiger partial charge < -0.3 is 64.6 Å². The maximum Gasteiger partial charge on any atom is 0.408 e. The van der Waals surface area contributed by atoms with Crippen molar-refractivity contribution < 1.29 is 120 Å². The standard InChI is InChI=1S/C44H55N5O9S.C38H46N4O8.C6H11NO2S.BH.U/c1-10-19-43(20-21-43)59(54,55)48-39(52)44(25-28(44)11-2)47-37(50)34-23-30(26-49(34)38(51)36(41(3,4)5)46-40(53)58-42(6,7)8)57-35-24-32(27-15-13-12-14-16-27)45-33-22-29(56-9)17-18-31(33)35;1-9-23-20-38(23,34(45)46)41-32(43)29-18-25(21-42(29)33(44)31(36(2,3)4)40-35(47)50-37(5,6)7)49-30-19-27(22-13-11-10-12-14-22)39-28-17-24(48-8)15-16-26(28)30;1-2-3-6(4-5-6)10(7,8)9;;/h10-18,22,24,28,30,34,36H,1-2,19-21,23,25-26H2,3-9H3,(H,46,53)(H,47,50)(H,48,52);9-17,19,23,25,29,31H,1,18,20-21H2,2-8H3,(H,40,47)(H,41,43)(H,45,46);2H,1,3-5H2,(H2,7,8,9);1H;/t28-,30-,34+,36-,44-;23-,25-,29+,31-,38-;;;/m11.../s1/i;;;1D;. The molecule has 4 saturated carbocycles. The number of aliphatic carboxylic acids is 1. The minimum atomic E-state index is -4.11. The Labute approximate surface area is 735 Å². The number of carboxylic acids is 1. The zero-order chi connectivity index (χ0) is 89.6. The van der Waals surface area contributed by atoms with Gasteiger partial charge in [0.1, 0.15) is 81.7 Å². The van der Waals surface area contributed by atoms with Crippen LogP contribution in [-0.4, -0.2) is 195 Å². The van der Waals surface area contributed by atoms with Crippen molar-refractivity contribution >= 4 is 97.9 Å². The molecular weight excluding hydrogens is 1810 g/mol. The molecule has 121 heavy (non-hydrogen) atoms. The van der Waals surface area contributed by atoms with Crippen LogP contribution >= 0.6 is 0 Å². The van der Waals surface area contributed by atoms with E-state index in [1.807, 2.05) is 91.0 Å². The summed E-state index contributed by atoms with van der Waals surface area (Å²) in [5, 5.41) is 27.4. The molecule has 4 aromatic carbocycles. The third-order valence-corrected chi connectivity index (χ3v) is 26.0. The minimum Gasteiger partial charge on any atom is -0.497 e. The first-order valence-corrected chi connectivity index (χ1v) is 42.6. The van der Waals surface area contributed by atoms with E-state index in [9.17, 15) is 60.3 Å². The van der Waals surface area contributed by atoms with Crippen molar-refractivity contribution in [2.75, 3.05) is 27.3 Å². The van der Waals surface area contributed by atoms with E-state index in [0.29, 0.717) is 88.3 Å². The van der Waals surface area contributed by atoms with Crippen LogP contribution in [0.4, 0.5) is 9.59 Å². The van der Waals surface area contributed by atoms with Crippen LogP contribution in [0.5, 0.6) is 23.0 Å². The van der Waals surface area contributed by atoms with Crippen molar-refractivity contribution in [3.8, 4) is 45.5 Å². The summed E-state index contributed by atoms with van der Waals surface area (Å²) in [6.45, 7) is 35.6. The number of carbonyl (C=O) groups is 8. The number of amides is 7. The first-order valence-electron chi connectivity index (χ1n) is 40.2. The summed E-state index contributed by atoms with van der Waals surface area (Å²) in [5.74, 6) is -3.32. The fourth-order valence-corrected chi connectivity index (χ4v) is 17.5. The number of likely N-dealkylation sites (tertiary alicyclic amines) is 2. The summed E-state index contributed by atoms with van der Waals surface area (Å²) in [6.07, 6.45) is 6.30. The van der Waals surface area contributed by atoms with E-state index < -0.39 is 159 Å². The van der Waals surface area contributed by atoms with Gasteiger partial charge in [-0.15, -0.1) is 26.3 Å². The minimum absolute atomic E-state index is 0. The number of carbonyl (C=O) groups excluding carboxylic acids is 7. The van der Waals surface area contributed by atoms with Gasteiger partial charge in [0.15, 0.2) is 0 Å². The second-order valence-electron chi connectivity index (χ2n) is 35.5. The van der Waals surface area contributed by atoms with Gasteiger partial charge in [0.05, 0.1) is 59.2 Å². The Morgan fingerprint density at radius 2 is 0.950 bits per heavy atom. The number of alkyl carbamates (subject to hydrolysis) is 2. The maximum absolute atomic E-state index is 14.7. The Kier molecular flexibility index (Phi) is 29.5. The number of rotatable bonds is 27. The van der Waals surface area contributed by atoms with Crippen molar-refractivity contribution in [1.29, 1.82) is 1.34 Å². The number of ether oxygens (including phenoxy) is 6. The predicted octanol–water partition coefficient (Wildman–Crippen LogP) is 10.9. The summed E-state index contributed by atoms with van der Waals surface area (Å²) >= 11 is 0. The quantitative estimate of drug-likeness (QED) is 0.0186. The number of methoxy groups -OCH3 is 2. The molecule has 6 aliphatic rings. The van der Waals surface area contributed by atoms with Crippen molar-refractivity contribution in [3.63, 3.8) is 0 Å². The van der Waals surface area contributed by atoms with Gasteiger partial charge in [-0.1, -0.05) is 127 Å². The number of aromatic nitrogens is 2. The van der Waals surface area contributed by atoms with Gasteiger partial charge in [0, 0.05) is 110 Å². The number of nitrogens with two attached hydrogens (primary N) is 1. The van der Waals surface area contributed by atoms with Crippen LogP contribution in [0.3, 0.4) is 0 Å². The average Bonchev–Trinajstić information content (AvgIpc) is 1.65. The molecule has 0 spiro atoms. The SMILES string of the molecule is C=CCC1(S(=O)(=O)NC(=O)[C@@]2(NC(=O)[C@@H]3C[C@@H](Oc4cc(-c5ccccc5)nc5cc(OC)ccc45)CN3C(=O)[C@@H](NC(=O)OC(C)(C)C)C(C)(C)C)C[C@H]2C=C)CC1.C=CCC1(S(N)(=O)=O)CC1.C=C[C@@H]1C[C@]1(NC(=O)[C@@H]1C[C@@H](Oc2cc(-c3ccccc3)nc3cc(OC)ccc23)CN1C(=O)[C@@H](NC(=O)OC(C)(C)C)C(C)(C)C)C(=O)O.[2H][B].[U]. The summed E-state index contributed by atoms with van der Waals surface area (Å²) < 4.78 is 89.5. The maximum atomic E-state index is 14.7. The second kappa shape index (κ2) is 37.5. The van der Waals surface area contributed by atoms with Gasteiger partial charge in [0.25, 0.3) is 5.91 Å². The zero-order valence-corrected chi connectivity index (χ0v) is 77.0. The predicted molar refractivity (Wildman–Crippen MR) is 459 cm³/mol. The van der Waals surface area contributed by atoms with Gasteiger partial charge in [0.2, 0.25) is 43.7 Å². The number of carboxylic acid groups (broad SMARTS) is 1. The van der Waals surface area contributed by atoms with E-state index in [4.69, 9.17) is 44.9 Å². The van der Waals surface area contributed by atoms with E-state index >= 15 is 0 Å². The molecule has 4 heterocycles. The summed E-state index contributed by atoms with van der Waals surface area (Å²) in [7, 11) is -0.547. The average molecular weight is 1930 g/mol. The monoisotopic (exact) mass is 1930 g/mol. The van der Waals surface area contributed by atoms with Gasteiger partial charge in [-0.3, -0.25) is 28.7 Å². The van der Waals surface area contributed by atoms with Crippen LogP contribution in [0.2, 0.25) is 0 Å². The van der Waals surface area contributed by atoms with E-state index in [1.54, 1.807) is 122 Å². The van der Waals surface area contributed by atoms with Gasteiger partial charge in [-0.05, 0) is 129 Å². The first kappa shape index (κ1) is 95.0. The number of sulfonamides is 2. The Bertz CT molecular complexity index is 5170. The molecule has 12 rings (SSSR count). The molecule has 6 aromatic rings. The largest absolute Gasteiger partial charge is 0.497 e. The normalized spacial score (nSPS) is 22.2. The molecule has 7 amide bonds. The Balaban J connectivity index is 0.000000267. The van der Waals surface area contributed by atoms with Crippen molar-refractivity contribution in [2.45, 2.75) is 215 Å². The van der Waals surface area contributed by atoms with Crippen molar-refractivity contribution in [2.24, 2.45) is 27.8 Å². The van der Waals surface area contributed by atoms with Gasteiger partial charge >= 0.3 is 18.2 Å². The molecule has 4 aliphatic carbocycles. The Hall–Kier alpha value is -9.80. The number of benzene rings is 4. The van der Waals surface area contributed by atoms with E-state index in [0.717, 1.165) is 11.1 Å². The van der Waals surface area contributed by atoms with Crippen LogP contribution in [-0.2, 0) is 58.3 Å². The molecule has 0 unspecified atom stereocenters. The summed E-state index contributed by atoms with van der Waals surface area (Å²) in [6, 6.07) is 29.1. The van der Waals surface area contributed by atoms with Crippen molar-refractivity contribution in [1.82, 2.24) is 45.8 Å². The van der Waals surface area contributed by atoms with Crippen LogP contribution in [0, 0.1) is 53.8 Å². The van der Waals surface area contributed by atoms with Crippen LogP contribution < -0.4 is 50.1 Å². The second-order valence-corrected chi connectivity index (χ2v) is 39.5. The third kappa shape index (κ3) is 22.5. The molecule has 33 heteroatoms.